The third-order valence-electron chi connectivity index (χ3n) is 8.46. The number of nitrogens with one attached hydrogen (secondary N) is 1. The molecule has 9 heteroatoms. The zero-order valence-electron chi connectivity index (χ0n) is 31.0. The number of phosphoric ester groups is 1. The van der Waals surface area contributed by atoms with E-state index in [4.69, 9.17) is 14.8 Å². The molecule has 0 aromatic carbocycles. The number of hydrogen-bond acceptors (Lipinski definition) is 6. The van der Waals surface area contributed by atoms with E-state index in [1.165, 1.54) is 103 Å². The molecular weight excluding hydrogens is 623 g/mol. The predicted molar refractivity (Wildman–Crippen MR) is 203 cm³/mol. The van der Waals surface area contributed by atoms with Gasteiger partial charge in [-0.25, -0.2) is 4.57 Å². The van der Waals surface area contributed by atoms with Crippen LogP contribution in [0.2, 0.25) is 0 Å². The Morgan fingerprint density at radius 3 is 1.67 bits per heavy atom. The lowest BCUT2D eigenvalue weighted by Gasteiger charge is -2.23. The van der Waals surface area contributed by atoms with Crippen LogP contribution in [-0.4, -0.2) is 47.8 Å². The van der Waals surface area contributed by atoms with Crippen LogP contribution in [0.25, 0.3) is 0 Å². The van der Waals surface area contributed by atoms with Crippen molar-refractivity contribution in [2.24, 2.45) is 5.73 Å². The maximum absolute atomic E-state index is 12.7. The normalized spacial score (nSPS) is 14.7. The van der Waals surface area contributed by atoms with Gasteiger partial charge in [0.2, 0.25) is 5.91 Å². The molecule has 48 heavy (non-hydrogen) atoms. The molecule has 0 aliphatic heterocycles. The van der Waals surface area contributed by atoms with E-state index in [1.807, 2.05) is 6.08 Å². The van der Waals surface area contributed by atoms with Crippen molar-refractivity contribution in [1.82, 2.24) is 5.32 Å². The molecule has 3 atom stereocenters. The molecule has 0 aromatic rings. The fraction of sp³-hybridized carbons (Fsp3) is 0.821. The maximum Gasteiger partial charge on any atom is 0.472 e. The lowest BCUT2D eigenvalue weighted by Crippen LogP contribution is -2.45. The minimum Gasteiger partial charge on any atom is -0.387 e. The Morgan fingerprint density at radius 2 is 1.15 bits per heavy atom. The molecule has 0 heterocycles. The van der Waals surface area contributed by atoms with E-state index in [-0.39, 0.29) is 25.7 Å². The highest BCUT2D eigenvalue weighted by Gasteiger charge is 2.26. The van der Waals surface area contributed by atoms with Crippen LogP contribution >= 0.6 is 7.82 Å². The van der Waals surface area contributed by atoms with Crippen LogP contribution in [0.1, 0.15) is 174 Å². The molecule has 0 bridgehead atoms. The first-order chi connectivity index (χ1) is 23.4. The van der Waals surface area contributed by atoms with Gasteiger partial charge in [-0.2, -0.15) is 0 Å². The number of nitrogens with two attached hydrogens (primary N) is 1. The van der Waals surface area contributed by atoms with Gasteiger partial charge in [0, 0.05) is 13.0 Å². The fourth-order valence-electron chi connectivity index (χ4n) is 5.45. The molecule has 0 radical (unpaired) electrons. The number of carbonyl (C=O) groups is 1. The minimum atomic E-state index is -4.33. The van der Waals surface area contributed by atoms with Crippen LogP contribution in [0, 0.1) is 0 Å². The molecule has 0 spiro atoms. The summed E-state index contributed by atoms with van der Waals surface area (Å²) in [6, 6.07) is -0.862. The summed E-state index contributed by atoms with van der Waals surface area (Å²) in [5.74, 6) is -0.205. The summed E-state index contributed by atoms with van der Waals surface area (Å²) in [4.78, 5) is 22.6. The summed E-state index contributed by atoms with van der Waals surface area (Å²) in [5, 5.41) is 13.6. The molecule has 0 aliphatic rings. The largest absolute Gasteiger partial charge is 0.472 e. The smallest absolute Gasteiger partial charge is 0.387 e. The number of hydrogen-bond donors (Lipinski definition) is 4. The topological polar surface area (TPSA) is 131 Å². The van der Waals surface area contributed by atoms with Crippen LogP contribution in [0.5, 0.6) is 0 Å². The van der Waals surface area contributed by atoms with Crippen LogP contribution in [0.15, 0.2) is 36.5 Å². The van der Waals surface area contributed by atoms with Crippen molar-refractivity contribution in [3.05, 3.63) is 36.5 Å². The van der Waals surface area contributed by atoms with Gasteiger partial charge in [-0.05, 0) is 51.4 Å². The number of aliphatic hydroxyl groups excluding tert-OH is 1. The first-order valence-electron chi connectivity index (χ1n) is 19.6. The Hall–Kier alpha value is -1.28. The van der Waals surface area contributed by atoms with E-state index in [9.17, 15) is 19.4 Å². The lowest BCUT2D eigenvalue weighted by atomic mass is 10.1. The van der Waals surface area contributed by atoms with Crippen molar-refractivity contribution in [2.75, 3.05) is 19.8 Å². The van der Waals surface area contributed by atoms with Gasteiger partial charge < -0.3 is 21.1 Å². The Kier molecular flexibility index (Phi) is 34.6. The summed E-state index contributed by atoms with van der Waals surface area (Å²) < 4.78 is 22.0. The average Bonchev–Trinajstić information content (AvgIpc) is 3.07. The van der Waals surface area contributed by atoms with Crippen LogP contribution in [0.3, 0.4) is 0 Å². The Balaban J connectivity index is 4.26. The summed E-state index contributed by atoms with van der Waals surface area (Å²) in [5.41, 5.74) is 5.35. The quantitative estimate of drug-likeness (QED) is 0.0291. The maximum atomic E-state index is 12.7. The zero-order valence-corrected chi connectivity index (χ0v) is 31.9. The second-order valence-electron chi connectivity index (χ2n) is 13.1. The fourth-order valence-corrected chi connectivity index (χ4v) is 6.21. The number of phosphoric acid groups is 1. The number of amides is 1. The third-order valence-corrected chi connectivity index (χ3v) is 9.44. The van der Waals surface area contributed by atoms with Crippen molar-refractivity contribution in [3.8, 4) is 0 Å². The summed E-state index contributed by atoms with van der Waals surface area (Å²) in [7, 11) is -4.33. The van der Waals surface area contributed by atoms with Crippen molar-refractivity contribution < 1.29 is 28.4 Å². The van der Waals surface area contributed by atoms with E-state index in [1.54, 1.807) is 6.08 Å². The number of unbranched alkanes of at least 4 members (excludes halogenated alkanes) is 20. The van der Waals surface area contributed by atoms with Crippen molar-refractivity contribution in [1.29, 1.82) is 0 Å². The first-order valence-corrected chi connectivity index (χ1v) is 21.1. The Morgan fingerprint density at radius 1 is 0.688 bits per heavy atom. The summed E-state index contributed by atoms with van der Waals surface area (Å²) in [6.45, 7) is 4.08. The van der Waals surface area contributed by atoms with Crippen molar-refractivity contribution in [3.63, 3.8) is 0 Å². The molecule has 1 amide bonds. The third kappa shape index (κ3) is 33.2. The van der Waals surface area contributed by atoms with Gasteiger partial charge in [0.25, 0.3) is 0 Å². The second-order valence-corrected chi connectivity index (χ2v) is 14.6. The molecule has 0 saturated heterocycles. The molecule has 5 N–H and O–H groups in total. The van der Waals surface area contributed by atoms with Gasteiger partial charge in [0.05, 0.1) is 25.4 Å². The van der Waals surface area contributed by atoms with E-state index < -0.39 is 20.0 Å². The van der Waals surface area contributed by atoms with Gasteiger partial charge in [-0.1, -0.05) is 153 Å². The van der Waals surface area contributed by atoms with Gasteiger partial charge in [0.1, 0.15) is 0 Å². The molecule has 0 aliphatic carbocycles. The van der Waals surface area contributed by atoms with Crippen LogP contribution < -0.4 is 11.1 Å². The van der Waals surface area contributed by atoms with Crippen molar-refractivity contribution in [2.45, 2.75) is 187 Å². The lowest BCUT2D eigenvalue weighted by molar-refractivity contribution is -0.123. The molecular formula is C39H75N2O6P. The van der Waals surface area contributed by atoms with E-state index in [0.29, 0.717) is 6.42 Å². The Labute approximate surface area is 295 Å². The van der Waals surface area contributed by atoms with E-state index >= 15 is 0 Å². The highest BCUT2D eigenvalue weighted by Crippen LogP contribution is 2.43. The summed E-state index contributed by atoms with van der Waals surface area (Å²) >= 11 is 0. The molecule has 0 rings (SSSR count). The van der Waals surface area contributed by atoms with Gasteiger partial charge in [0.15, 0.2) is 0 Å². The SMILES string of the molecule is CCCCCC/C=C\C/C=C\CCCCCCCCCC(=O)NC(COP(=O)(O)OCCN)C(O)/C=C/CCCCCCCCCCC. The molecule has 0 saturated carbocycles. The van der Waals surface area contributed by atoms with Gasteiger partial charge >= 0.3 is 7.82 Å². The number of aliphatic hydroxyl groups is 1. The summed E-state index contributed by atoms with van der Waals surface area (Å²) in [6.07, 6.45) is 40.4. The number of carbonyl (C=O) groups excluding carboxylic acids is 1. The van der Waals surface area contributed by atoms with Crippen LogP contribution in [0.4, 0.5) is 0 Å². The van der Waals surface area contributed by atoms with Gasteiger partial charge in [-0.15, -0.1) is 0 Å². The standard InChI is InChI=1S/C39H75N2O6P/c1-3-5-7-9-11-13-15-16-17-18-19-20-21-23-25-27-29-31-33-39(43)41-37(36-47-48(44,45)46-35-34-40)38(42)32-30-28-26-24-22-14-12-10-8-6-4-2/h13,15,17-18,30,32,37-38,42H,3-12,14,16,19-29,31,33-36,40H2,1-2H3,(H,41,43)(H,44,45)/b15-13-,18-17-,32-30+. The number of allylic oxidation sites excluding steroid dienone is 5. The first kappa shape index (κ1) is 46.7. The van der Waals surface area contributed by atoms with Crippen LogP contribution in [-0.2, 0) is 18.4 Å². The predicted octanol–water partition coefficient (Wildman–Crippen LogP) is 10.4. The second kappa shape index (κ2) is 35.5. The zero-order chi connectivity index (χ0) is 35.4. The van der Waals surface area contributed by atoms with E-state index in [0.717, 1.165) is 51.4 Å². The van der Waals surface area contributed by atoms with Gasteiger partial charge in [-0.3, -0.25) is 13.8 Å². The highest BCUT2D eigenvalue weighted by molar-refractivity contribution is 7.47. The molecule has 0 fully saturated rings. The molecule has 282 valence electrons. The monoisotopic (exact) mass is 699 g/mol. The molecule has 8 nitrogen and oxygen atoms in total. The van der Waals surface area contributed by atoms with Crippen molar-refractivity contribution >= 4 is 13.7 Å². The number of rotatable bonds is 36. The minimum absolute atomic E-state index is 0.0764. The molecule has 3 unspecified atom stereocenters. The Bertz CT molecular complexity index is 850. The molecule has 0 aromatic heterocycles. The highest BCUT2D eigenvalue weighted by atomic mass is 31.2. The van der Waals surface area contributed by atoms with E-state index in [2.05, 4.69) is 43.5 Å². The average molecular weight is 699 g/mol.